The molecule has 0 aliphatic rings. The molecule has 0 bridgehead atoms. The van der Waals surface area contributed by atoms with Crippen molar-refractivity contribution < 1.29 is 9.90 Å². The molecule has 0 radical (unpaired) electrons. The van der Waals surface area contributed by atoms with Crippen molar-refractivity contribution >= 4 is 27.9 Å². The fraction of sp³-hybridized carbons (Fsp3) is 0. The molecule has 2 heterocycles. The third-order valence-electron chi connectivity index (χ3n) is 2.52. The first-order valence-electron chi connectivity index (χ1n) is 4.73. The number of rotatable bonds is 1. The fourth-order valence-electron chi connectivity index (χ4n) is 1.80. The molecule has 0 unspecified atom stereocenters. The largest absolute Gasteiger partial charge is 0.478 e. The van der Waals surface area contributed by atoms with Crippen molar-refractivity contribution in [3.63, 3.8) is 0 Å². The molecule has 78 valence electrons. The highest BCUT2D eigenvalue weighted by molar-refractivity contribution is 6.11. The Balaban J connectivity index is 2.54. The van der Waals surface area contributed by atoms with E-state index >= 15 is 0 Å². The number of fused-ring (bicyclic) bond motifs is 3. The topological polar surface area (TPSA) is 78.9 Å². The highest BCUT2D eigenvalue weighted by atomic mass is 16.4. The smallest absolute Gasteiger partial charge is 0.339 e. The monoisotopic (exact) mass is 213 g/mol. The van der Waals surface area contributed by atoms with E-state index in [1.807, 2.05) is 24.3 Å². The Morgan fingerprint density at radius 3 is 2.94 bits per heavy atom. The number of hydrogen-bond acceptors (Lipinski definition) is 3. The highest BCUT2D eigenvalue weighted by Crippen LogP contribution is 2.24. The lowest BCUT2D eigenvalue weighted by molar-refractivity contribution is 0.0698. The van der Waals surface area contributed by atoms with Crippen LogP contribution in [0.25, 0.3) is 21.9 Å². The molecule has 0 saturated heterocycles. The quantitative estimate of drug-likeness (QED) is 0.646. The van der Waals surface area contributed by atoms with Gasteiger partial charge in [0.15, 0.2) is 0 Å². The second-order valence-electron chi connectivity index (χ2n) is 3.46. The number of benzene rings is 1. The number of aromatic amines is 1. The van der Waals surface area contributed by atoms with Crippen molar-refractivity contribution in [2.45, 2.75) is 0 Å². The van der Waals surface area contributed by atoms with Gasteiger partial charge in [-0.1, -0.05) is 18.2 Å². The van der Waals surface area contributed by atoms with Crippen LogP contribution in [0.4, 0.5) is 0 Å². The van der Waals surface area contributed by atoms with Crippen LogP contribution in [0.5, 0.6) is 0 Å². The van der Waals surface area contributed by atoms with Gasteiger partial charge in [0.1, 0.15) is 11.1 Å². The van der Waals surface area contributed by atoms with E-state index in [1.54, 1.807) is 0 Å². The van der Waals surface area contributed by atoms with E-state index in [-0.39, 0.29) is 5.56 Å². The van der Waals surface area contributed by atoms with Crippen molar-refractivity contribution in [1.29, 1.82) is 0 Å². The Kier molecular flexibility index (Phi) is 1.67. The van der Waals surface area contributed by atoms with Crippen LogP contribution in [0, 0.1) is 0 Å². The van der Waals surface area contributed by atoms with Crippen LogP contribution in [0.2, 0.25) is 0 Å². The van der Waals surface area contributed by atoms with Crippen LogP contribution < -0.4 is 0 Å². The number of hydrogen-bond donors (Lipinski definition) is 2. The molecule has 0 saturated carbocycles. The number of aromatic carboxylic acids is 1. The summed E-state index contributed by atoms with van der Waals surface area (Å²) in [5, 5.41) is 17.6. The van der Waals surface area contributed by atoms with Gasteiger partial charge < -0.3 is 10.1 Å². The van der Waals surface area contributed by atoms with Gasteiger partial charge in [0.25, 0.3) is 0 Å². The average Bonchev–Trinajstić information content (AvgIpc) is 2.67. The summed E-state index contributed by atoms with van der Waals surface area (Å²) in [5.74, 6) is -1.01. The second-order valence-corrected chi connectivity index (χ2v) is 3.46. The van der Waals surface area contributed by atoms with Crippen LogP contribution in [0.1, 0.15) is 10.4 Å². The number of carboxylic acid groups (broad SMARTS) is 1. The number of carbonyl (C=O) groups is 1. The molecule has 0 amide bonds. The lowest BCUT2D eigenvalue weighted by Crippen LogP contribution is -1.99. The fourth-order valence-corrected chi connectivity index (χ4v) is 1.80. The third-order valence-corrected chi connectivity index (χ3v) is 2.52. The molecular formula is C11H7N3O2. The Morgan fingerprint density at radius 2 is 2.12 bits per heavy atom. The van der Waals surface area contributed by atoms with Gasteiger partial charge in [-0.05, 0) is 6.07 Å². The molecule has 5 heteroatoms. The van der Waals surface area contributed by atoms with Gasteiger partial charge in [0, 0.05) is 10.9 Å². The normalized spacial score (nSPS) is 11.0. The summed E-state index contributed by atoms with van der Waals surface area (Å²) >= 11 is 0. The maximum absolute atomic E-state index is 11.0. The molecule has 2 N–H and O–H groups in total. The number of nitrogens with one attached hydrogen (secondary N) is 1. The molecule has 0 spiro atoms. The molecular weight excluding hydrogens is 206 g/mol. The number of H-pyrrole nitrogens is 1. The van der Waals surface area contributed by atoms with Crippen molar-refractivity contribution in [3.8, 4) is 0 Å². The highest BCUT2D eigenvalue weighted by Gasteiger charge is 2.13. The third kappa shape index (κ3) is 1.08. The van der Waals surface area contributed by atoms with E-state index < -0.39 is 5.97 Å². The van der Waals surface area contributed by atoms with Gasteiger partial charge in [-0.25, -0.2) is 4.79 Å². The number of para-hydroxylation sites is 1. The van der Waals surface area contributed by atoms with Gasteiger partial charge in [-0.15, -0.1) is 5.10 Å². The molecule has 0 atom stereocenters. The Bertz CT molecular complexity index is 703. The van der Waals surface area contributed by atoms with E-state index in [4.69, 9.17) is 5.11 Å². The van der Waals surface area contributed by atoms with Crippen LogP contribution in [-0.2, 0) is 0 Å². The predicted molar refractivity (Wildman–Crippen MR) is 58.4 cm³/mol. The Morgan fingerprint density at radius 1 is 1.31 bits per heavy atom. The van der Waals surface area contributed by atoms with E-state index in [9.17, 15) is 4.79 Å². The zero-order valence-corrected chi connectivity index (χ0v) is 8.14. The van der Waals surface area contributed by atoms with Crippen LogP contribution in [0.15, 0.2) is 30.5 Å². The Hall–Kier alpha value is -2.43. The molecule has 2 aromatic heterocycles. The van der Waals surface area contributed by atoms with Crippen molar-refractivity contribution in [2.24, 2.45) is 0 Å². The molecule has 3 aromatic rings. The minimum atomic E-state index is -1.01. The van der Waals surface area contributed by atoms with E-state index in [0.29, 0.717) is 11.0 Å². The van der Waals surface area contributed by atoms with Gasteiger partial charge in [0.2, 0.25) is 0 Å². The van der Waals surface area contributed by atoms with Crippen molar-refractivity contribution in [1.82, 2.24) is 15.2 Å². The lowest BCUT2D eigenvalue weighted by atomic mass is 10.2. The summed E-state index contributed by atoms with van der Waals surface area (Å²) in [7, 11) is 0. The second kappa shape index (κ2) is 3.03. The minimum absolute atomic E-state index is 0.140. The van der Waals surface area contributed by atoms with Gasteiger partial charge >= 0.3 is 5.97 Å². The standard InChI is InChI=1S/C11H7N3O2/c15-11(16)7-5-12-14-10-6-3-1-2-4-8(6)13-9(7)10/h1-5,13H,(H,15,16). The van der Waals surface area contributed by atoms with Gasteiger partial charge in [0.05, 0.1) is 11.7 Å². The summed E-state index contributed by atoms with van der Waals surface area (Å²) in [5.41, 5.74) is 2.11. The summed E-state index contributed by atoms with van der Waals surface area (Å²) < 4.78 is 0. The number of nitrogens with zero attached hydrogens (tertiary/aromatic N) is 2. The van der Waals surface area contributed by atoms with Crippen molar-refractivity contribution in [3.05, 3.63) is 36.0 Å². The van der Waals surface area contributed by atoms with Gasteiger partial charge in [-0.3, -0.25) is 0 Å². The van der Waals surface area contributed by atoms with Crippen LogP contribution in [-0.4, -0.2) is 26.3 Å². The maximum Gasteiger partial charge on any atom is 0.339 e. The SMILES string of the molecule is O=C(O)c1cnnc2c1[nH]c1ccccc12. The van der Waals surface area contributed by atoms with Gasteiger partial charge in [-0.2, -0.15) is 5.10 Å². The molecule has 5 nitrogen and oxygen atoms in total. The van der Waals surface area contributed by atoms with E-state index in [1.165, 1.54) is 6.20 Å². The predicted octanol–water partition coefficient (Wildman–Crippen LogP) is 1.81. The maximum atomic E-state index is 11.0. The molecule has 0 aliphatic carbocycles. The zero-order valence-electron chi connectivity index (χ0n) is 8.14. The zero-order chi connectivity index (χ0) is 11.1. The first-order valence-corrected chi connectivity index (χ1v) is 4.73. The van der Waals surface area contributed by atoms with E-state index in [2.05, 4.69) is 15.2 Å². The summed E-state index contributed by atoms with van der Waals surface area (Å²) in [4.78, 5) is 14.0. The summed E-state index contributed by atoms with van der Waals surface area (Å²) in [6.45, 7) is 0. The average molecular weight is 213 g/mol. The van der Waals surface area contributed by atoms with Crippen molar-refractivity contribution in [2.75, 3.05) is 0 Å². The van der Waals surface area contributed by atoms with Crippen LogP contribution in [0.3, 0.4) is 0 Å². The number of aromatic nitrogens is 3. The lowest BCUT2D eigenvalue weighted by Gasteiger charge is -1.93. The first kappa shape index (κ1) is 8.84. The molecule has 1 aromatic carbocycles. The first-order chi connectivity index (χ1) is 7.77. The molecule has 0 fully saturated rings. The van der Waals surface area contributed by atoms with E-state index in [0.717, 1.165) is 10.9 Å². The minimum Gasteiger partial charge on any atom is -0.478 e. The molecule has 3 rings (SSSR count). The Labute approximate surface area is 89.7 Å². The summed E-state index contributed by atoms with van der Waals surface area (Å²) in [6.07, 6.45) is 1.25. The van der Waals surface area contributed by atoms with Crippen LogP contribution >= 0.6 is 0 Å². The molecule has 16 heavy (non-hydrogen) atoms. The summed E-state index contributed by atoms with van der Waals surface area (Å²) in [6, 6.07) is 7.52. The molecule has 0 aliphatic heterocycles. The number of carboxylic acids is 1.